The molecule has 138 valence electrons. The van der Waals surface area contributed by atoms with E-state index in [9.17, 15) is 9.59 Å². The molecule has 0 saturated carbocycles. The van der Waals surface area contributed by atoms with Crippen molar-refractivity contribution in [3.63, 3.8) is 0 Å². The summed E-state index contributed by atoms with van der Waals surface area (Å²) in [7, 11) is 0. The fourth-order valence-electron chi connectivity index (χ4n) is 2.70. The largest absolute Gasteiger partial charge is 0.494 e. The van der Waals surface area contributed by atoms with Crippen LogP contribution in [0.15, 0.2) is 71.0 Å². The van der Waals surface area contributed by atoms with Crippen LogP contribution in [0.1, 0.15) is 12.5 Å². The number of amides is 2. The molecule has 0 radical (unpaired) electrons. The quantitative estimate of drug-likeness (QED) is 0.495. The highest BCUT2D eigenvalue weighted by Gasteiger charge is 2.38. The Hall–Kier alpha value is -2.50. The highest BCUT2D eigenvalue weighted by atomic mass is 35.5. The minimum Gasteiger partial charge on any atom is -0.494 e. The molecule has 1 heterocycles. The fraction of sp³-hybridized carbons (Fsp3) is 0.143. The van der Waals surface area contributed by atoms with Gasteiger partial charge >= 0.3 is 0 Å². The van der Waals surface area contributed by atoms with E-state index in [4.69, 9.17) is 16.3 Å². The van der Waals surface area contributed by atoms with Crippen molar-refractivity contribution in [3.05, 3.63) is 76.7 Å². The lowest BCUT2D eigenvalue weighted by molar-refractivity contribution is -0.135. The molecule has 1 aliphatic rings. The van der Waals surface area contributed by atoms with Gasteiger partial charge in [-0.3, -0.25) is 14.5 Å². The first-order valence-corrected chi connectivity index (χ1v) is 9.62. The van der Waals surface area contributed by atoms with Crippen LogP contribution in [0, 0.1) is 0 Å². The highest BCUT2D eigenvalue weighted by Crippen LogP contribution is 2.40. The molecule has 0 aromatic heterocycles. The Labute approximate surface area is 167 Å². The van der Waals surface area contributed by atoms with Crippen LogP contribution in [0.3, 0.4) is 0 Å². The molecule has 2 amide bonds. The highest BCUT2D eigenvalue weighted by molar-refractivity contribution is 8.04. The van der Waals surface area contributed by atoms with Gasteiger partial charge in [0, 0.05) is 16.5 Å². The average molecular weight is 400 g/mol. The number of halogens is 1. The Bertz CT molecular complexity index is 904. The Balaban J connectivity index is 2.02. The number of imide groups is 1. The molecule has 27 heavy (non-hydrogen) atoms. The van der Waals surface area contributed by atoms with Crippen molar-refractivity contribution in [1.29, 1.82) is 0 Å². The van der Waals surface area contributed by atoms with E-state index < -0.39 is 0 Å². The van der Waals surface area contributed by atoms with Gasteiger partial charge in [0.1, 0.15) is 5.75 Å². The first kappa shape index (κ1) is 19.3. The average Bonchev–Trinajstić information content (AvgIpc) is 2.89. The van der Waals surface area contributed by atoms with Crippen LogP contribution < -0.4 is 4.74 Å². The number of ether oxygens (including phenoxy) is 1. The molecule has 4 nitrogen and oxygen atoms in total. The van der Waals surface area contributed by atoms with E-state index in [0.29, 0.717) is 33.4 Å². The second-order valence-electron chi connectivity index (χ2n) is 5.73. The van der Waals surface area contributed by atoms with Crippen molar-refractivity contribution < 1.29 is 14.3 Å². The van der Waals surface area contributed by atoms with Crippen molar-refractivity contribution >= 4 is 40.8 Å². The standard InChI is InChI=1S/C21H18ClNO3S/c1-3-13-23-20(24)18(14-5-9-16(10-6-14)26-4-2)19(21(23)25)27-17-11-7-15(22)8-12-17/h3,5-12H,1,4,13H2,2H3. The Kier molecular flexibility index (Phi) is 6.04. The number of carbonyl (C=O) groups is 2. The summed E-state index contributed by atoms with van der Waals surface area (Å²) < 4.78 is 5.46. The maximum absolute atomic E-state index is 12.9. The molecule has 1 aliphatic heterocycles. The lowest BCUT2D eigenvalue weighted by Crippen LogP contribution is -2.31. The normalized spacial score (nSPS) is 14.1. The number of rotatable bonds is 7. The summed E-state index contributed by atoms with van der Waals surface area (Å²) in [5.41, 5.74) is 1.07. The van der Waals surface area contributed by atoms with E-state index in [1.807, 2.05) is 19.1 Å². The molecule has 6 heteroatoms. The Morgan fingerprint density at radius 1 is 1.07 bits per heavy atom. The third-order valence-electron chi connectivity index (χ3n) is 3.92. The molecule has 0 unspecified atom stereocenters. The third kappa shape index (κ3) is 4.10. The van der Waals surface area contributed by atoms with Crippen molar-refractivity contribution in [2.45, 2.75) is 11.8 Å². The summed E-state index contributed by atoms with van der Waals surface area (Å²) >= 11 is 7.20. The summed E-state index contributed by atoms with van der Waals surface area (Å²) in [6.07, 6.45) is 1.54. The molecule has 0 atom stereocenters. The van der Waals surface area contributed by atoms with Crippen molar-refractivity contribution in [3.8, 4) is 5.75 Å². The third-order valence-corrected chi connectivity index (χ3v) is 5.27. The lowest BCUT2D eigenvalue weighted by Gasteiger charge is -2.12. The number of nitrogens with zero attached hydrogens (tertiary/aromatic N) is 1. The Morgan fingerprint density at radius 3 is 2.33 bits per heavy atom. The van der Waals surface area contributed by atoms with Gasteiger partial charge in [-0.05, 0) is 48.9 Å². The molecule has 0 N–H and O–H groups in total. The molecular formula is C21H18ClNO3S. The van der Waals surface area contributed by atoms with Crippen LogP contribution in [0.5, 0.6) is 5.75 Å². The summed E-state index contributed by atoms with van der Waals surface area (Å²) in [5.74, 6) is 0.0812. The number of thioether (sulfide) groups is 1. The number of benzene rings is 2. The van der Waals surface area contributed by atoms with Crippen molar-refractivity contribution in [2.75, 3.05) is 13.2 Å². The van der Waals surface area contributed by atoms with Gasteiger partial charge in [0.2, 0.25) is 0 Å². The van der Waals surface area contributed by atoms with Crippen LogP contribution in [0.2, 0.25) is 5.02 Å². The van der Waals surface area contributed by atoms with Crippen LogP contribution >= 0.6 is 23.4 Å². The molecule has 0 fully saturated rings. The van der Waals surface area contributed by atoms with Crippen LogP contribution in [-0.4, -0.2) is 29.9 Å². The predicted octanol–water partition coefficient (Wildman–Crippen LogP) is 4.80. The van der Waals surface area contributed by atoms with E-state index in [2.05, 4.69) is 6.58 Å². The van der Waals surface area contributed by atoms with Gasteiger partial charge in [-0.2, -0.15) is 0 Å². The van der Waals surface area contributed by atoms with Gasteiger partial charge in [0.25, 0.3) is 11.8 Å². The topological polar surface area (TPSA) is 46.6 Å². The summed E-state index contributed by atoms with van der Waals surface area (Å²) in [4.78, 5) is 28.2. The van der Waals surface area contributed by atoms with Crippen molar-refractivity contribution in [1.82, 2.24) is 4.90 Å². The van der Waals surface area contributed by atoms with Gasteiger partial charge in [0.05, 0.1) is 17.1 Å². The first-order chi connectivity index (χ1) is 13.0. The molecule has 0 saturated heterocycles. The molecule has 0 aliphatic carbocycles. The van der Waals surface area contributed by atoms with Crippen LogP contribution in [0.25, 0.3) is 5.57 Å². The summed E-state index contributed by atoms with van der Waals surface area (Å²) in [6, 6.07) is 14.3. The van der Waals surface area contributed by atoms with Crippen LogP contribution in [0.4, 0.5) is 0 Å². The van der Waals surface area contributed by atoms with E-state index in [0.717, 1.165) is 4.90 Å². The van der Waals surface area contributed by atoms with Gasteiger partial charge in [-0.15, -0.1) is 6.58 Å². The summed E-state index contributed by atoms with van der Waals surface area (Å²) in [6.45, 7) is 6.27. The van der Waals surface area contributed by atoms with E-state index in [-0.39, 0.29) is 18.4 Å². The molecule has 0 spiro atoms. The zero-order chi connectivity index (χ0) is 19.4. The number of hydrogen-bond acceptors (Lipinski definition) is 4. The van der Waals surface area contributed by atoms with Gasteiger partial charge in [0.15, 0.2) is 0 Å². The minimum absolute atomic E-state index is 0.170. The van der Waals surface area contributed by atoms with Gasteiger partial charge < -0.3 is 4.74 Å². The molecule has 3 rings (SSSR count). The second kappa shape index (κ2) is 8.46. The van der Waals surface area contributed by atoms with E-state index in [1.54, 1.807) is 42.5 Å². The van der Waals surface area contributed by atoms with E-state index in [1.165, 1.54) is 16.7 Å². The predicted molar refractivity (Wildman–Crippen MR) is 109 cm³/mol. The smallest absolute Gasteiger partial charge is 0.268 e. The second-order valence-corrected chi connectivity index (χ2v) is 7.25. The Morgan fingerprint density at radius 2 is 1.74 bits per heavy atom. The maximum atomic E-state index is 12.9. The molecule has 0 bridgehead atoms. The molecular weight excluding hydrogens is 382 g/mol. The fourth-order valence-corrected chi connectivity index (χ4v) is 3.84. The van der Waals surface area contributed by atoms with Gasteiger partial charge in [-0.1, -0.05) is 41.6 Å². The van der Waals surface area contributed by atoms with Crippen LogP contribution in [-0.2, 0) is 9.59 Å². The number of hydrogen-bond donors (Lipinski definition) is 0. The molecule has 2 aromatic carbocycles. The van der Waals surface area contributed by atoms with Gasteiger partial charge in [-0.25, -0.2) is 0 Å². The van der Waals surface area contributed by atoms with Crippen molar-refractivity contribution in [2.24, 2.45) is 0 Å². The lowest BCUT2D eigenvalue weighted by atomic mass is 10.1. The monoisotopic (exact) mass is 399 g/mol. The maximum Gasteiger partial charge on any atom is 0.268 e. The first-order valence-electron chi connectivity index (χ1n) is 8.43. The zero-order valence-electron chi connectivity index (χ0n) is 14.8. The van der Waals surface area contributed by atoms with E-state index >= 15 is 0 Å². The minimum atomic E-state index is -0.319. The zero-order valence-corrected chi connectivity index (χ0v) is 16.3. The molecule has 2 aromatic rings. The summed E-state index contributed by atoms with van der Waals surface area (Å²) in [5, 5.41) is 0.613. The SMILES string of the molecule is C=CCN1C(=O)C(Sc2ccc(Cl)cc2)=C(c2ccc(OCC)cc2)C1=O. The number of carbonyl (C=O) groups excluding carboxylic acids is 2.